The summed E-state index contributed by atoms with van der Waals surface area (Å²) in [4.78, 5) is 12.3. The predicted molar refractivity (Wildman–Crippen MR) is 84.7 cm³/mol. The third kappa shape index (κ3) is 4.61. The van der Waals surface area contributed by atoms with Gasteiger partial charge in [-0.1, -0.05) is 25.4 Å². The van der Waals surface area contributed by atoms with Gasteiger partial charge in [0.25, 0.3) is 0 Å². The van der Waals surface area contributed by atoms with Gasteiger partial charge < -0.3 is 0 Å². The summed E-state index contributed by atoms with van der Waals surface area (Å²) in [6.45, 7) is 4.01. The Morgan fingerprint density at radius 1 is 1.21 bits per heavy atom. The van der Waals surface area contributed by atoms with Crippen molar-refractivity contribution in [3.8, 4) is 6.07 Å². The Hall–Kier alpha value is -0.890. The molecular formula is C14H14ClNOS2. The fourth-order valence-corrected chi connectivity index (χ4v) is 3.64. The van der Waals surface area contributed by atoms with Crippen LogP contribution in [0.5, 0.6) is 0 Å². The molecular weight excluding hydrogens is 298 g/mol. The molecule has 0 saturated carbocycles. The van der Waals surface area contributed by atoms with Crippen LogP contribution in [0, 0.1) is 11.3 Å². The van der Waals surface area contributed by atoms with Crippen molar-refractivity contribution in [1.82, 2.24) is 0 Å². The average molecular weight is 312 g/mol. The molecule has 100 valence electrons. The van der Waals surface area contributed by atoms with E-state index in [1.165, 1.54) is 23.5 Å². The lowest BCUT2D eigenvalue weighted by Gasteiger charge is -2.07. The summed E-state index contributed by atoms with van der Waals surface area (Å²) in [7, 11) is 0. The fourth-order valence-electron chi connectivity index (χ4n) is 1.38. The molecule has 2 nitrogen and oxygen atoms in total. The second-order valence-electron chi connectivity index (χ2n) is 3.48. The van der Waals surface area contributed by atoms with E-state index in [9.17, 15) is 10.1 Å². The number of rotatable bonds is 6. The Balaban J connectivity index is 3.14. The van der Waals surface area contributed by atoms with E-state index < -0.39 is 0 Å². The maximum absolute atomic E-state index is 12.3. The normalized spacial score (nSPS) is 9.79. The Kier molecular flexibility index (Phi) is 7.07. The molecule has 5 heteroatoms. The van der Waals surface area contributed by atoms with E-state index in [-0.39, 0.29) is 11.4 Å². The van der Waals surface area contributed by atoms with Crippen LogP contribution in [0.2, 0.25) is 5.02 Å². The maximum atomic E-state index is 12.3. The lowest BCUT2D eigenvalue weighted by molar-refractivity contribution is 0.103. The van der Waals surface area contributed by atoms with Crippen molar-refractivity contribution in [3.05, 3.63) is 44.7 Å². The Morgan fingerprint density at radius 2 is 1.74 bits per heavy atom. The smallest absolute Gasteiger partial charge is 0.205 e. The SMILES string of the molecule is CCSC(SCC)=C(C#N)C(=O)c1ccc(Cl)cc1. The highest BCUT2D eigenvalue weighted by atomic mass is 35.5. The number of hydrogen-bond acceptors (Lipinski definition) is 4. The first kappa shape index (κ1) is 16.2. The Morgan fingerprint density at radius 3 is 2.16 bits per heavy atom. The zero-order chi connectivity index (χ0) is 14.3. The van der Waals surface area contributed by atoms with Gasteiger partial charge in [0.2, 0.25) is 5.78 Å². The number of benzene rings is 1. The van der Waals surface area contributed by atoms with Crippen molar-refractivity contribution in [2.75, 3.05) is 11.5 Å². The van der Waals surface area contributed by atoms with Gasteiger partial charge in [0.1, 0.15) is 11.6 Å². The molecule has 19 heavy (non-hydrogen) atoms. The number of ketones is 1. The number of nitrogens with zero attached hydrogens (tertiary/aromatic N) is 1. The number of thioether (sulfide) groups is 2. The molecule has 0 aromatic heterocycles. The van der Waals surface area contributed by atoms with Crippen molar-refractivity contribution in [2.45, 2.75) is 13.8 Å². The first-order chi connectivity index (χ1) is 9.13. The van der Waals surface area contributed by atoms with Crippen LogP contribution in [0.25, 0.3) is 0 Å². The zero-order valence-corrected chi connectivity index (χ0v) is 13.2. The highest BCUT2D eigenvalue weighted by molar-refractivity contribution is 8.22. The fraction of sp³-hybridized carbons (Fsp3) is 0.286. The minimum atomic E-state index is -0.240. The molecule has 0 aliphatic heterocycles. The van der Waals surface area contributed by atoms with Crippen LogP contribution in [-0.2, 0) is 0 Å². The lowest BCUT2D eigenvalue weighted by atomic mass is 10.1. The molecule has 0 fully saturated rings. The number of hydrogen-bond donors (Lipinski definition) is 0. The van der Waals surface area contributed by atoms with Crippen molar-refractivity contribution in [1.29, 1.82) is 5.26 Å². The standard InChI is InChI=1S/C14H14ClNOS2/c1-3-18-14(19-4-2)12(9-16)13(17)10-5-7-11(15)8-6-10/h5-8H,3-4H2,1-2H3. The molecule has 0 N–H and O–H groups in total. The predicted octanol–water partition coefficient (Wildman–Crippen LogP) is 4.76. The molecule has 0 amide bonds. The number of carbonyl (C=O) groups is 1. The molecule has 1 aromatic rings. The molecule has 0 atom stereocenters. The van der Waals surface area contributed by atoms with Crippen LogP contribution in [0.1, 0.15) is 24.2 Å². The topological polar surface area (TPSA) is 40.9 Å². The van der Waals surface area contributed by atoms with Crippen LogP contribution >= 0.6 is 35.1 Å². The molecule has 0 spiro atoms. The van der Waals surface area contributed by atoms with E-state index in [1.54, 1.807) is 24.3 Å². The first-order valence-electron chi connectivity index (χ1n) is 5.84. The minimum absolute atomic E-state index is 0.223. The van der Waals surface area contributed by atoms with Gasteiger partial charge in [-0.25, -0.2) is 0 Å². The van der Waals surface area contributed by atoms with E-state index in [0.717, 1.165) is 15.7 Å². The van der Waals surface area contributed by atoms with E-state index in [4.69, 9.17) is 11.6 Å². The van der Waals surface area contributed by atoms with Crippen molar-refractivity contribution in [3.63, 3.8) is 0 Å². The first-order valence-corrected chi connectivity index (χ1v) is 8.19. The van der Waals surface area contributed by atoms with E-state index in [0.29, 0.717) is 10.6 Å². The maximum Gasteiger partial charge on any atom is 0.205 e. The largest absolute Gasteiger partial charge is 0.288 e. The van der Waals surface area contributed by atoms with Crippen molar-refractivity contribution >= 4 is 40.9 Å². The van der Waals surface area contributed by atoms with Crippen molar-refractivity contribution < 1.29 is 4.79 Å². The summed E-state index contributed by atoms with van der Waals surface area (Å²) in [5, 5.41) is 9.83. The Labute approximate surface area is 127 Å². The number of nitriles is 1. The second-order valence-corrected chi connectivity index (χ2v) is 6.72. The monoisotopic (exact) mass is 311 g/mol. The highest BCUT2D eigenvalue weighted by Gasteiger charge is 2.17. The van der Waals surface area contributed by atoms with Gasteiger partial charge in [-0.3, -0.25) is 4.79 Å². The van der Waals surface area contributed by atoms with Crippen LogP contribution in [-0.4, -0.2) is 17.3 Å². The van der Waals surface area contributed by atoms with Gasteiger partial charge in [0.15, 0.2) is 0 Å². The van der Waals surface area contributed by atoms with Gasteiger partial charge in [-0.15, -0.1) is 23.5 Å². The summed E-state index contributed by atoms with van der Waals surface area (Å²) >= 11 is 8.86. The molecule has 1 rings (SSSR count). The number of carbonyl (C=O) groups excluding carboxylic acids is 1. The number of allylic oxidation sites excluding steroid dienone is 1. The quantitative estimate of drug-likeness (QED) is 0.431. The molecule has 0 aliphatic carbocycles. The lowest BCUT2D eigenvalue weighted by Crippen LogP contribution is -2.03. The van der Waals surface area contributed by atoms with Crippen LogP contribution in [0.3, 0.4) is 0 Å². The summed E-state index contributed by atoms with van der Waals surface area (Å²) < 4.78 is 0.799. The van der Waals surface area contributed by atoms with Crippen molar-refractivity contribution in [2.24, 2.45) is 0 Å². The summed E-state index contributed by atoms with van der Waals surface area (Å²) in [6.07, 6.45) is 0. The van der Waals surface area contributed by atoms with E-state index in [1.807, 2.05) is 19.9 Å². The molecule has 0 radical (unpaired) electrons. The summed E-state index contributed by atoms with van der Waals surface area (Å²) in [5.74, 6) is 1.43. The molecule has 0 saturated heterocycles. The van der Waals surface area contributed by atoms with Crippen LogP contribution in [0.4, 0.5) is 0 Å². The van der Waals surface area contributed by atoms with Gasteiger partial charge in [0, 0.05) is 10.6 Å². The van der Waals surface area contributed by atoms with Crippen LogP contribution < -0.4 is 0 Å². The number of halogens is 1. The third-order valence-corrected chi connectivity index (χ3v) is 4.67. The highest BCUT2D eigenvalue weighted by Crippen LogP contribution is 2.32. The molecule has 0 heterocycles. The number of Topliss-reactive ketones (excluding diaryl/α,β-unsaturated/α-hetero) is 1. The molecule has 0 unspecified atom stereocenters. The Bertz CT molecular complexity index is 509. The summed E-state index contributed by atoms with van der Waals surface area (Å²) in [5.41, 5.74) is 0.716. The average Bonchev–Trinajstić information content (AvgIpc) is 2.40. The molecule has 0 aliphatic rings. The minimum Gasteiger partial charge on any atom is -0.288 e. The van der Waals surface area contributed by atoms with E-state index >= 15 is 0 Å². The van der Waals surface area contributed by atoms with Crippen LogP contribution in [0.15, 0.2) is 34.1 Å². The van der Waals surface area contributed by atoms with Gasteiger partial charge in [-0.2, -0.15) is 5.26 Å². The second kappa shape index (κ2) is 8.31. The molecule has 0 bridgehead atoms. The van der Waals surface area contributed by atoms with E-state index in [2.05, 4.69) is 0 Å². The van der Waals surface area contributed by atoms with Gasteiger partial charge >= 0.3 is 0 Å². The summed E-state index contributed by atoms with van der Waals surface area (Å²) in [6, 6.07) is 8.64. The van der Waals surface area contributed by atoms with Gasteiger partial charge in [0.05, 0.1) is 4.24 Å². The van der Waals surface area contributed by atoms with Gasteiger partial charge in [-0.05, 0) is 35.8 Å². The zero-order valence-electron chi connectivity index (χ0n) is 10.8. The third-order valence-electron chi connectivity index (χ3n) is 2.20. The molecule has 1 aromatic carbocycles.